The van der Waals surface area contributed by atoms with Gasteiger partial charge in [-0.2, -0.15) is 0 Å². The van der Waals surface area contributed by atoms with Crippen LogP contribution in [0, 0.1) is 0 Å². The number of nitrogens with zero attached hydrogens (tertiary/aromatic N) is 2. The first-order chi connectivity index (χ1) is 12.1. The molecule has 2 heterocycles. The summed E-state index contributed by atoms with van der Waals surface area (Å²) in [6, 6.07) is 6.38. The van der Waals surface area contributed by atoms with Gasteiger partial charge in [0.15, 0.2) is 10.3 Å². The van der Waals surface area contributed by atoms with Crippen molar-refractivity contribution in [2.45, 2.75) is 6.42 Å². The van der Waals surface area contributed by atoms with E-state index in [-0.39, 0.29) is 12.3 Å². The predicted octanol–water partition coefficient (Wildman–Crippen LogP) is 4.08. The van der Waals surface area contributed by atoms with Crippen molar-refractivity contribution in [3.05, 3.63) is 51.9 Å². The highest BCUT2D eigenvalue weighted by molar-refractivity contribution is 7.14. The molecule has 0 bridgehead atoms. The van der Waals surface area contributed by atoms with Crippen LogP contribution >= 0.6 is 34.3 Å². The van der Waals surface area contributed by atoms with Crippen molar-refractivity contribution < 1.29 is 9.59 Å². The molecule has 25 heavy (non-hydrogen) atoms. The summed E-state index contributed by atoms with van der Waals surface area (Å²) in [5, 5.41) is 12.9. The molecule has 0 radical (unpaired) electrons. The molecule has 0 unspecified atom stereocenters. The topological polar surface area (TPSA) is 96.0 Å². The first kappa shape index (κ1) is 17.3. The Balaban J connectivity index is 1.52. The number of rotatable bonds is 5. The molecule has 2 aromatic heterocycles. The molecule has 3 amide bonds. The van der Waals surface area contributed by atoms with E-state index >= 15 is 0 Å². The summed E-state index contributed by atoms with van der Waals surface area (Å²) in [6.45, 7) is 0. The molecule has 0 aliphatic rings. The van der Waals surface area contributed by atoms with Crippen LogP contribution in [0.1, 0.15) is 5.69 Å². The average molecular weight is 394 g/mol. The molecule has 10 heteroatoms. The maximum Gasteiger partial charge on any atom is 0.325 e. The zero-order valence-corrected chi connectivity index (χ0v) is 15.0. The fraction of sp³-hybridized carbons (Fsp3) is 0.0667. The standard InChI is InChI=1S/C15H12ClN5O2S2/c16-9-2-1-3-10(6-9)18-13(23)21-15-19-11(8-25-15)7-12(22)20-14-17-4-5-24-14/h1-6,8H,7H2,(H,17,20,22)(H2,18,19,21,23). The Hall–Kier alpha value is -2.49. The van der Waals surface area contributed by atoms with E-state index in [0.29, 0.717) is 26.7 Å². The third-order valence-corrected chi connectivity index (χ3v) is 4.61. The minimum absolute atomic E-state index is 0.105. The SMILES string of the molecule is O=C(Cc1csc(NC(=O)Nc2cccc(Cl)c2)n1)Nc1nccs1. The van der Waals surface area contributed by atoms with Gasteiger partial charge >= 0.3 is 6.03 Å². The Morgan fingerprint density at radius 2 is 2.00 bits per heavy atom. The molecule has 0 fully saturated rings. The quantitative estimate of drug-likeness (QED) is 0.608. The number of thiazole rings is 2. The Labute approximate surface area is 156 Å². The van der Waals surface area contributed by atoms with Gasteiger partial charge in [-0.3, -0.25) is 10.1 Å². The van der Waals surface area contributed by atoms with Gasteiger partial charge in [-0.15, -0.1) is 22.7 Å². The molecule has 7 nitrogen and oxygen atoms in total. The van der Waals surface area contributed by atoms with Gasteiger partial charge in [-0.25, -0.2) is 14.8 Å². The lowest BCUT2D eigenvalue weighted by molar-refractivity contribution is -0.115. The number of amides is 3. The van der Waals surface area contributed by atoms with Gasteiger partial charge in [-0.1, -0.05) is 17.7 Å². The Morgan fingerprint density at radius 3 is 2.76 bits per heavy atom. The van der Waals surface area contributed by atoms with E-state index in [9.17, 15) is 9.59 Å². The first-order valence-electron chi connectivity index (χ1n) is 7.06. The van der Waals surface area contributed by atoms with Gasteiger partial charge in [0.2, 0.25) is 5.91 Å². The second kappa shape index (κ2) is 8.06. The summed E-state index contributed by atoms with van der Waals surface area (Å²) in [4.78, 5) is 32.0. The van der Waals surface area contributed by atoms with Gasteiger partial charge < -0.3 is 10.6 Å². The molecular formula is C15H12ClN5O2S2. The first-order valence-corrected chi connectivity index (χ1v) is 9.19. The van der Waals surface area contributed by atoms with Crippen molar-refractivity contribution in [2.75, 3.05) is 16.0 Å². The van der Waals surface area contributed by atoms with Crippen molar-refractivity contribution >= 4 is 62.2 Å². The van der Waals surface area contributed by atoms with Gasteiger partial charge in [0, 0.05) is 27.7 Å². The van der Waals surface area contributed by atoms with E-state index in [4.69, 9.17) is 11.6 Å². The number of benzene rings is 1. The number of carbonyl (C=O) groups is 2. The van der Waals surface area contributed by atoms with E-state index in [0.717, 1.165) is 0 Å². The molecule has 0 spiro atoms. The van der Waals surface area contributed by atoms with E-state index in [1.807, 2.05) is 0 Å². The second-order valence-corrected chi connectivity index (χ2v) is 6.98. The second-order valence-electron chi connectivity index (χ2n) is 4.80. The molecule has 3 N–H and O–H groups in total. The van der Waals surface area contributed by atoms with Crippen LogP contribution in [-0.2, 0) is 11.2 Å². The third-order valence-electron chi connectivity index (χ3n) is 2.88. The molecule has 3 aromatic rings. The maximum absolute atomic E-state index is 12.0. The summed E-state index contributed by atoms with van der Waals surface area (Å²) in [6.07, 6.45) is 1.72. The monoisotopic (exact) mass is 393 g/mol. The van der Waals surface area contributed by atoms with Gasteiger partial charge in [0.1, 0.15) is 0 Å². The Morgan fingerprint density at radius 1 is 1.12 bits per heavy atom. The molecule has 1 aromatic carbocycles. The summed E-state index contributed by atoms with van der Waals surface area (Å²) in [5.41, 5.74) is 1.14. The number of anilines is 3. The van der Waals surface area contributed by atoms with Crippen molar-refractivity contribution in [1.29, 1.82) is 0 Å². The largest absolute Gasteiger partial charge is 0.325 e. The van der Waals surface area contributed by atoms with Crippen LogP contribution in [-0.4, -0.2) is 21.9 Å². The highest BCUT2D eigenvalue weighted by Crippen LogP contribution is 2.18. The lowest BCUT2D eigenvalue weighted by atomic mass is 10.3. The lowest BCUT2D eigenvalue weighted by Crippen LogP contribution is -2.19. The molecule has 0 saturated heterocycles. The lowest BCUT2D eigenvalue weighted by Gasteiger charge is -2.05. The summed E-state index contributed by atoms with van der Waals surface area (Å²) >= 11 is 8.45. The normalized spacial score (nSPS) is 10.3. The highest BCUT2D eigenvalue weighted by atomic mass is 35.5. The van der Waals surface area contributed by atoms with E-state index in [2.05, 4.69) is 25.9 Å². The number of nitrogens with one attached hydrogen (secondary N) is 3. The van der Waals surface area contributed by atoms with Crippen molar-refractivity contribution in [3.8, 4) is 0 Å². The average Bonchev–Trinajstić information content (AvgIpc) is 3.19. The maximum atomic E-state index is 12.0. The molecule has 0 aliphatic carbocycles. The van der Waals surface area contributed by atoms with Crippen LogP contribution in [0.15, 0.2) is 41.2 Å². The van der Waals surface area contributed by atoms with Gasteiger partial charge in [-0.05, 0) is 18.2 Å². The summed E-state index contributed by atoms with van der Waals surface area (Å²) in [7, 11) is 0. The van der Waals surface area contributed by atoms with E-state index in [1.165, 1.54) is 22.7 Å². The van der Waals surface area contributed by atoms with Crippen molar-refractivity contribution in [3.63, 3.8) is 0 Å². The minimum Gasteiger partial charge on any atom is -0.308 e. The van der Waals surface area contributed by atoms with Crippen LogP contribution in [0.4, 0.5) is 20.7 Å². The zero-order chi connectivity index (χ0) is 17.6. The highest BCUT2D eigenvalue weighted by Gasteiger charge is 2.11. The number of hydrogen-bond donors (Lipinski definition) is 3. The van der Waals surface area contributed by atoms with Crippen LogP contribution in [0.5, 0.6) is 0 Å². The fourth-order valence-corrected chi connectivity index (χ4v) is 3.33. The Kier molecular flexibility index (Phi) is 5.59. The number of hydrogen-bond acceptors (Lipinski definition) is 6. The number of urea groups is 1. The van der Waals surface area contributed by atoms with Crippen molar-refractivity contribution in [1.82, 2.24) is 9.97 Å². The summed E-state index contributed by atoms with van der Waals surface area (Å²) in [5.74, 6) is -0.213. The molecule has 128 valence electrons. The van der Waals surface area contributed by atoms with Gasteiger partial charge in [0.25, 0.3) is 0 Å². The van der Waals surface area contributed by atoms with E-state index in [1.54, 1.807) is 41.2 Å². The Bertz CT molecular complexity index is 882. The van der Waals surface area contributed by atoms with Crippen LogP contribution < -0.4 is 16.0 Å². The third kappa shape index (κ3) is 5.24. The minimum atomic E-state index is -0.435. The summed E-state index contributed by atoms with van der Waals surface area (Å²) < 4.78 is 0. The molecule has 3 rings (SSSR count). The molecule has 0 saturated carbocycles. The molecule has 0 atom stereocenters. The van der Waals surface area contributed by atoms with Gasteiger partial charge in [0.05, 0.1) is 12.1 Å². The van der Waals surface area contributed by atoms with Crippen LogP contribution in [0.2, 0.25) is 5.02 Å². The number of halogens is 1. The fourth-order valence-electron chi connectivity index (χ4n) is 1.88. The number of carbonyl (C=O) groups excluding carboxylic acids is 2. The van der Waals surface area contributed by atoms with E-state index < -0.39 is 6.03 Å². The predicted molar refractivity (Wildman–Crippen MR) is 101 cm³/mol. The molecular weight excluding hydrogens is 382 g/mol. The zero-order valence-electron chi connectivity index (χ0n) is 12.7. The van der Waals surface area contributed by atoms with Crippen LogP contribution in [0.3, 0.4) is 0 Å². The van der Waals surface area contributed by atoms with Crippen LogP contribution in [0.25, 0.3) is 0 Å². The van der Waals surface area contributed by atoms with Crippen molar-refractivity contribution in [2.24, 2.45) is 0 Å². The number of aromatic nitrogens is 2. The smallest absolute Gasteiger partial charge is 0.308 e. The molecule has 0 aliphatic heterocycles.